The van der Waals surface area contributed by atoms with Crippen LogP contribution in [0.5, 0.6) is 5.75 Å². The summed E-state index contributed by atoms with van der Waals surface area (Å²) in [5, 5.41) is 2.80. The van der Waals surface area contributed by atoms with Crippen molar-refractivity contribution in [2.75, 3.05) is 39.2 Å². The molecule has 8 heteroatoms. The lowest BCUT2D eigenvalue weighted by Crippen LogP contribution is -2.49. The van der Waals surface area contributed by atoms with E-state index in [4.69, 9.17) is 9.47 Å². The van der Waals surface area contributed by atoms with Crippen LogP contribution in [0.1, 0.15) is 50.4 Å². The maximum absolute atomic E-state index is 13.3. The van der Waals surface area contributed by atoms with Gasteiger partial charge in [0.1, 0.15) is 12.4 Å². The summed E-state index contributed by atoms with van der Waals surface area (Å²) in [4.78, 5) is 41.6. The molecule has 176 valence electrons. The van der Waals surface area contributed by atoms with E-state index in [0.717, 1.165) is 12.8 Å². The highest BCUT2D eigenvalue weighted by molar-refractivity contribution is 5.99. The number of benzene rings is 1. The van der Waals surface area contributed by atoms with E-state index in [1.54, 1.807) is 44.2 Å². The zero-order valence-corrected chi connectivity index (χ0v) is 19.7. The first kappa shape index (κ1) is 24.0. The van der Waals surface area contributed by atoms with Crippen LogP contribution in [-0.2, 0) is 14.3 Å². The lowest BCUT2D eigenvalue weighted by atomic mass is 10.0. The number of amides is 3. The van der Waals surface area contributed by atoms with Crippen molar-refractivity contribution in [3.8, 4) is 5.75 Å². The van der Waals surface area contributed by atoms with E-state index in [0.29, 0.717) is 36.5 Å². The molecule has 3 atom stereocenters. The second kappa shape index (κ2) is 10.3. The van der Waals surface area contributed by atoms with Crippen LogP contribution in [0.2, 0.25) is 0 Å². The number of nitrogens with one attached hydrogen (secondary N) is 1. The number of fused-ring (bicyclic) bond motifs is 1. The van der Waals surface area contributed by atoms with Gasteiger partial charge in [-0.05, 0) is 38.0 Å². The Bertz CT molecular complexity index is 854. The molecule has 1 N–H and O–H groups in total. The summed E-state index contributed by atoms with van der Waals surface area (Å²) < 4.78 is 11.8. The van der Waals surface area contributed by atoms with Gasteiger partial charge in [-0.25, -0.2) is 0 Å². The van der Waals surface area contributed by atoms with Crippen LogP contribution in [0, 0.1) is 11.8 Å². The second-order valence-corrected chi connectivity index (χ2v) is 8.97. The number of hydrogen-bond donors (Lipinski definition) is 1. The smallest absolute Gasteiger partial charge is 0.257 e. The Kier molecular flexibility index (Phi) is 7.77. The number of carbonyl (C=O) groups is 3. The van der Waals surface area contributed by atoms with Crippen molar-refractivity contribution in [2.24, 2.45) is 11.8 Å². The minimum atomic E-state index is -0.225. The molecule has 1 aliphatic carbocycles. The van der Waals surface area contributed by atoms with Crippen LogP contribution in [0.4, 0.5) is 5.69 Å². The number of ether oxygens (including phenoxy) is 2. The van der Waals surface area contributed by atoms with E-state index in [-0.39, 0.29) is 48.3 Å². The minimum absolute atomic E-state index is 0.0365. The summed E-state index contributed by atoms with van der Waals surface area (Å²) in [6.45, 7) is 6.99. The van der Waals surface area contributed by atoms with E-state index in [2.05, 4.69) is 5.32 Å². The minimum Gasteiger partial charge on any atom is -0.491 e. The lowest BCUT2D eigenvalue weighted by Gasteiger charge is -2.36. The standard InChI is InChI=1S/C24H35N3O5/c1-6-22(28)25-18-9-10-20-19(11-18)24(30)26(4)13-21(31-5)15(2)12-27(16(3)14-32-20)23(29)17-7-8-17/h9-11,15-17,21H,6-8,12-14H2,1-5H3,(H,25,28)/t15-,16-,21+/m1/s1. The lowest BCUT2D eigenvalue weighted by molar-refractivity contribution is -0.136. The van der Waals surface area contributed by atoms with Crippen LogP contribution in [-0.4, -0.2) is 73.5 Å². The highest BCUT2D eigenvalue weighted by atomic mass is 16.5. The van der Waals surface area contributed by atoms with Gasteiger partial charge in [0.05, 0.1) is 17.7 Å². The molecule has 3 rings (SSSR count). The molecule has 1 aliphatic heterocycles. The van der Waals surface area contributed by atoms with Crippen molar-refractivity contribution in [1.82, 2.24) is 9.80 Å². The molecular formula is C24H35N3O5. The first-order valence-corrected chi connectivity index (χ1v) is 11.4. The van der Waals surface area contributed by atoms with E-state index in [9.17, 15) is 14.4 Å². The van der Waals surface area contributed by atoms with Crippen molar-refractivity contribution in [3.05, 3.63) is 23.8 Å². The largest absolute Gasteiger partial charge is 0.491 e. The number of likely N-dealkylation sites (N-methyl/N-ethyl adjacent to an activating group) is 1. The summed E-state index contributed by atoms with van der Waals surface area (Å²) in [6.07, 6.45) is 2.00. The number of hydrogen-bond acceptors (Lipinski definition) is 5. The quantitative estimate of drug-likeness (QED) is 0.770. The van der Waals surface area contributed by atoms with Gasteiger partial charge in [-0.15, -0.1) is 0 Å². The molecule has 1 saturated carbocycles. The predicted octanol–water partition coefficient (Wildman–Crippen LogP) is 2.78. The number of nitrogens with zero attached hydrogens (tertiary/aromatic N) is 2. The summed E-state index contributed by atoms with van der Waals surface area (Å²) in [7, 11) is 3.36. The first-order valence-electron chi connectivity index (χ1n) is 11.4. The van der Waals surface area contributed by atoms with Crippen molar-refractivity contribution < 1.29 is 23.9 Å². The van der Waals surface area contributed by atoms with Gasteiger partial charge in [0.25, 0.3) is 5.91 Å². The summed E-state index contributed by atoms with van der Waals surface area (Å²) >= 11 is 0. The summed E-state index contributed by atoms with van der Waals surface area (Å²) in [5.41, 5.74) is 0.917. The SMILES string of the molecule is CCC(=O)Nc1ccc2c(c1)C(=O)N(C)C[C@H](OC)[C@H](C)CN(C(=O)C1CC1)[C@H](C)CO2. The number of methoxy groups -OCH3 is 1. The Morgan fingerprint density at radius 3 is 2.56 bits per heavy atom. The van der Waals surface area contributed by atoms with Crippen molar-refractivity contribution in [1.29, 1.82) is 0 Å². The maximum atomic E-state index is 13.3. The Labute approximate surface area is 190 Å². The average molecular weight is 446 g/mol. The molecule has 0 saturated heterocycles. The number of carbonyl (C=O) groups excluding carboxylic acids is 3. The van der Waals surface area contributed by atoms with Gasteiger partial charge in [-0.1, -0.05) is 13.8 Å². The number of rotatable bonds is 4. The van der Waals surface area contributed by atoms with Gasteiger partial charge in [0, 0.05) is 51.2 Å². The molecular weight excluding hydrogens is 410 g/mol. The van der Waals surface area contributed by atoms with E-state index in [1.807, 2.05) is 18.7 Å². The van der Waals surface area contributed by atoms with Crippen LogP contribution in [0.15, 0.2) is 18.2 Å². The van der Waals surface area contributed by atoms with Gasteiger partial charge < -0.3 is 24.6 Å². The third kappa shape index (κ3) is 5.59. The van der Waals surface area contributed by atoms with Crippen LogP contribution in [0.3, 0.4) is 0 Å². The van der Waals surface area contributed by atoms with Gasteiger partial charge in [0.2, 0.25) is 11.8 Å². The summed E-state index contributed by atoms with van der Waals surface area (Å²) in [6, 6.07) is 4.93. The third-order valence-electron chi connectivity index (χ3n) is 6.26. The second-order valence-electron chi connectivity index (χ2n) is 8.97. The van der Waals surface area contributed by atoms with Crippen molar-refractivity contribution >= 4 is 23.4 Å². The molecule has 1 fully saturated rings. The maximum Gasteiger partial charge on any atom is 0.257 e. The Morgan fingerprint density at radius 2 is 1.94 bits per heavy atom. The summed E-state index contributed by atoms with van der Waals surface area (Å²) in [5.74, 6) is 0.415. The monoisotopic (exact) mass is 445 g/mol. The molecule has 32 heavy (non-hydrogen) atoms. The van der Waals surface area contributed by atoms with Crippen molar-refractivity contribution in [3.63, 3.8) is 0 Å². The van der Waals surface area contributed by atoms with Crippen LogP contribution in [0.25, 0.3) is 0 Å². The molecule has 0 radical (unpaired) electrons. The normalized spacial score (nSPS) is 24.7. The first-order chi connectivity index (χ1) is 15.2. The fourth-order valence-electron chi connectivity index (χ4n) is 3.98. The van der Waals surface area contributed by atoms with E-state index < -0.39 is 0 Å². The van der Waals surface area contributed by atoms with Gasteiger partial charge in [-0.2, -0.15) is 0 Å². The molecule has 8 nitrogen and oxygen atoms in total. The topological polar surface area (TPSA) is 88.2 Å². The Morgan fingerprint density at radius 1 is 1.22 bits per heavy atom. The highest BCUT2D eigenvalue weighted by Gasteiger charge is 2.37. The van der Waals surface area contributed by atoms with Crippen LogP contribution >= 0.6 is 0 Å². The molecule has 0 spiro atoms. The zero-order valence-electron chi connectivity index (χ0n) is 19.7. The van der Waals surface area contributed by atoms with Gasteiger partial charge in [-0.3, -0.25) is 14.4 Å². The zero-order chi connectivity index (χ0) is 23.4. The average Bonchev–Trinajstić information content (AvgIpc) is 3.63. The molecule has 2 aliphatic rings. The molecule has 0 aromatic heterocycles. The van der Waals surface area contributed by atoms with Crippen LogP contribution < -0.4 is 10.1 Å². The molecule has 1 aromatic rings. The fraction of sp³-hybridized carbons (Fsp3) is 0.625. The van der Waals surface area contributed by atoms with E-state index >= 15 is 0 Å². The van der Waals surface area contributed by atoms with Crippen molar-refractivity contribution in [2.45, 2.75) is 52.2 Å². The van der Waals surface area contributed by atoms with E-state index in [1.165, 1.54) is 0 Å². The molecule has 0 unspecified atom stereocenters. The third-order valence-corrected chi connectivity index (χ3v) is 6.26. The predicted molar refractivity (Wildman–Crippen MR) is 122 cm³/mol. The van der Waals surface area contributed by atoms with Gasteiger partial charge in [0.15, 0.2) is 0 Å². The number of anilines is 1. The molecule has 0 bridgehead atoms. The molecule has 1 heterocycles. The molecule has 3 amide bonds. The highest BCUT2D eigenvalue weighted by Crippen LogP contribution is 2.33. The van der Waals surface area contributed by atoms with Gasteiger partial charge >= 0.3 is 0 Å². The Balaban J connectivity index is 1.94. The fourth-order valence-corrected chi connectivity index (χ4v) is 3.98. The Hall–Kier alpha value is -2.61. The molecule has 1 aromatic carbocycles.